The number of nitrogens with zero attached hydrogens (tertiary/aromatic N) is 1. The van der Waals surface area contributed by atoms with Gasteiger partial charge in [0.2, 0.25) is 5.91 Å². The molecule has 0 atom stereocenters. The summed E-state index contributed by atoms with van der Waals surface area (Å²) in [5.41, 5.74) is 5.48. The number of nitrogens with two attached hydrogens (primary N) is 1. The van der Waals surface area contributed by atoms with Crippen LogP contribution in [0.4, 0.5) is 4.39 Å². The molecule has 0 aliphatic heterocycles. The Morgan fingerprint density at radius 2 is 2.11 bits per heavy atom. The first-order valence-electron chi connectivity index (χ1n) is 6.17. The Labute approximate surface area is 122 Å². The molecule has 0 radical (unpaired) electrons. The lowest BCUT2D eigenvalue weighted by Crippen LogP contribution is -2.39. The van der Waals surface area contributed by atoms with E-state index in [0.29, 0.717) is 18.5 Å². The van der Waals surface area contributed by atoms with Crippen LogP contribution in [-0.4, -0.2) is 24.4 Å². The molecule has 106 valence electrons. The molecule has 19 heavy (non-hydrogen) atoms. The van der Waals surface area contributed by atoms with Crippen molar-refractivity contribution in [1.29, 1.82) is 0 Å². The van der Waals surface area contributed by atoms with Crippen molar-refractivity contribution in [3.8, 4) is 0 Å². The zero-order valence-electron chi connectivity index (χ0n) is 11.5. The minimum Gasteiger partial charge on any atom is -0.341 e. The minimum absolute atomic E-state index is 0.0303. The molecule has 1 aromatic carbocycles. The monoisotopic (exact) mass is 330 g/mol. The SMILES string of the molecule is CN(Cc1cc(Br)ccc1F)C(=O)C(C)(C)CCN. The van der Waals surface area contributed by atoms with Gasteiger partial charge in [-0.1, -0.05) is 29.8 Å². The summed E-state index contributed by atoms with van der Waals surface area (Å²) in [5, 5.41) is 0. The van der Waals surface area contributed by atoms with Gasteiger partial charge in [-0.05, 0) is 31.2 Å². The lowest BCUT2D eigenvalue weighted by molar-refractivity contribution is -0.139. The number of hydrogen-bond acceptors (Lipinski definition) is 2. The third-order valence-corrected chi connectivity index (χ3v) is 3.60. The zero-order chi connectivity index (χ0) is 14.6. The molecule has 0 unspecified atom stereocenters. The zero-order valence-corrected chi connectivity index (χ0v) is 13.1. The second-order valence-corrected chi connectivity index (χ2v) is 6.24. The molecular weight excluding hydrogens is 311 g/mol. The minimum atomic E-state index is -0.522. The van der Waals surface area contributed by atoms with Crippen molar-refractivity contribution in [2.75, 3.05) is 13.6 Å². The molecule has 0 aromatic heterocycles. The van der Waals surface area contributed by atoms with Gasteiger partial charge in [-0.2, -0.15) is 0 Å². The standard InChI is InChI=1S/C14H20BrFN2O/c1-14(2,6-7-17)13(19)18(3)9-10-8-11(15)4-5-12(10)16/h4-5,8H,6-7,9,17H2,1-3H3. The van der Waals surface area contributed by atoms with Crippen LogP contribution in [0.1, 0.15) is 25.8 Å². The number of carbonyl (C=O) groups excluding carboxylic acids is 1. The van der Waals surface area contributed by atoms with Crippen molar-refractivity contribution >= 4 is 21.8 Å². The molecule has 1 rings (SSSR count). The van der Waals surface area contributed by atoms with Gasteiger partial charge in [-0.3, -0.25) is 4.79 Å². The average molecular weight is 331 g/mol. The van der Waals surface area contributed by atoms with E-state index in [1.807, 2.05) is 13.8 Å². The second-order valence-electron chi connectivity index (χ2n) is 5.32. The highest BCUT2D eigenvalue weighted by molar-refractivity contribution is 9.10. The van der Waals surface area contributed by atoms with Gasteiger partial charge in [0, 0.05) is 29.0 Å². The molecule has 1 aromatic rings. The fourth-order valence-corrected chi connectivity index (χ4v) is 2.38. The van der Waals surface area contributed by atoms with E-state index in [4.69, 9.17) is 5.73 Å². The first-order valence-corrected chi connectivity index (χ1v) is 6.97. The highest BCUT2D eigenvalue weighted by Gasteiger charge is 2.29. The smallest absolute Gasteiger partial charge is 0.228 e. The maximum absolute atomic E-state index is 13.7. The Hall–Kier alpha value is -0.940. The third-order valence-electron chi connectivity index (χ3n) is 3.11. The van der Waals surface area contributed by atoms with Crippen LogP contribution in [0.15, 0.2) is 22.7 Å². The summed E-state index contributed by atoms with van der Waals surface area (Å²) in [7, 11) is 1.68. The van der Waals surface area contributed by atoms with Gasteiger partial charge < -0.3 is 10.6 Å². The molecule has 0 fully saturated rings. The highest BCUT2D eigenvalue weighted by Crippen LogP contribution is 2.24. The number of rotatable bonds is 5. The van der Waals surface area contributed by atoms with Gasteiger partial charge in [0.25, 0.3) is 0 Å². The lowest BCUT2D eigenvalue weighted by atomic mass is 9.87. The first-order chi connectivity index (χ1) is 8.77. The number of halogens is 2. The van der Waals surface area contributed by atoms with E-state index in [9.17, 15) is 9.18 Å². The number of carbonyl (C=O) groups is 1. The van der Waals surface area contributed by atoms with Gasteiger partial charge in [0.15, 0.2) is 0 Å². The van der Waals surface area contributed by atoms with Crippen LogP contribution in [0.3, 0.4) is 0 Å². The molecule has 0 aliphatic carbocycles. The van der Waals surface area contributed by atoms with E-state index in [1.54, 1.807) is 24.1 Å². The summed E-state index contributed by atoms with van der Waals surface area (Å²) in [6, 6.07) is 4.72. The van der Waals surface area contributed by atoms with E-state index >= 15 is 0 Å². The number of amides is 1. The molecule has 2 N–H and O–H groups in total. The molecule has 0 aliphatic rings. The van der Waals surface area contributed by atoms with Gasteiger partial charge in [0.05, 0.1) is 0 Å². The van der Waals surface area contributed by atoms with Crippen LogP contribution in [0, 0.1) is 11.2 Å². The van der Waals surface area contributed by atoms with Gasteiger partial charge in [0.1, 0.15) is 5.82 Å². The maximum atomic E-state index is 13.7. The van der Waals surface area contributed by atoms with E-state index in [1.165, 1.54) is 6.07 Å². The average Bonchev–Trinajstić information content (AvgIpc) is 2.32. The summed E-state index contributed by atoms with van der Waals surface area (Å²) in [5.74, 6) is -0.336. The molecule has 0 bridgehead atoms. The van der Waals surface area contributed by atoms with E-state index in [2.05, 4.69) is 15.9 Å². The highest BCUT2D eigenvalue weighted by atomic mass is 79.9. The molecule has 0 spiro atoms. The fraction of sp³-hybridized carbons (Fsp3) is 0.500. The Balaban J connectivity index is 2.82. The Kier molecular flexibility index (Phi) is 5.50. The molecule has 5 heteroatoms. The van der Waals surface area contributed by atoms with Crippen molar-refractivity contribution in [3.05, 3.63) is 34.1 Å². The maximum Gasteiger partial charge on any atom is 0.228 e. The van der Waals surface area contributed by atoms with Crippen molar-refractivity contribution < 1.29 is 9.18 Å². The third kappa shape index (κ3) is 4.28. The Morgan fingerprint density at radius 1 is 1.47 bits per heavy atom. The van der Waals surface area contributed by atoms with Crippen LogP contribution < -0.4 is 5.73 Å². The summed E-state index contributed by atoms with van der Waals surface area (Å²) in [6.45, 7) is 4.42. The van der Waals surface area contributed by atoms with Gasteiger partial charge >= 0.3 is 0 Å². The molecule has 1 amide bonds. The normalized spacial score (nSPS) is 11.5. The molecule has 0 saturated heterocycles. The van der Waals surface area contributed by atoms with Crippen molar-refractivity contribution in [2.45, 2.75) is 26.8 Å². The van der Waals surface area contributed by atoms with Crippen LogP contribution in [0.5, 0.6) is 0 Å². The summed E-state index contributed by atoms with van der Waals surface area (Å²) >= 11 is 3.30. The molecule has 3 nitrogen and oxygen atoms in total. The van der Waals surface area contributed by atoms with E-state index in [0.717, 1.165) is 4.47 Å². The fourth-order valence-electron chi connectivity index (χ4n) is 1.98. The van der Waals surface area contributed by atoms with E-state index in [-0.39, 0.29) is 18.3 Å². The molecular formula is C14H20BrFN2O. The van der Waals surface area contributed by atoms with Crippen molar-refractivity contribution in [2.24, 2.45) is 11.1 Å². The van der Waals surface area contributed by atoms with Gasteiger partial charge in [-0.25, -0.2) is 4.39 Å². The van der Waals surface area contributed by atoms with Crippen molar-refractivity contribution in [3.63, 3.8) is 0 Å². The van der Waals surface area contributed by atoms with Gasteiger partial charge in [-0.15, -0.1) is 0 Å². The van der Waals surface area contributed by atoms with Crippen LogP contribution >= 0.6 is 15.9 Å². The lowest BCUT2D eigenvalue weighted by Gasteiger charge is -2.29. The quantitative estimate of drug-likeness (QED) is 0.902. The molecule has 0 saturated carbocycles. The number of hydrogen-bond donors (Lipinski definition) is 1. The van der Waals surface area contributed by atoms with Crippen LogP contribution in [0.25, 0.3) is 0 Å². The predicted octanol–water partition coefficient (Wildman–Crippen LogP) is 2.92. The number of benzene rings is 1. The predicted molar refractivity (Wildman–Crippen MR) is 78.0 cm³/mol. The van der Waals surface area contributed by atoms with E-state index < -0.39 is 5.41 Å². The Morgan fingerprint density at radius 3 is 2.68 bits per heavy atom. The summed E-state index contributed by atoms with van der Waals surface area (Å²) in [6.07, 6.45) is 0.608. The van der Waals surface area contributed by atoms with Crippen molar-refractivity contribution in [1.82, 2.24) is 4.90 Å². The largest absolute Gasteiger partial charge is 0.341 e. The Bertz CT molecular complexity index is 463. The van der Waals surface area contributed by atoms with Crippen LogP contribution in [0.2, 0.25) is 0 Å². The molecule has 0 heterocycles. The summed E-state index contributed by atoms with van der Waals surface area (Å²) in [4.78, 5) is 13.8. The van der Waals surface area contributed by atoms with Crippen LogP contribution in [-0.2, 0) is 11.3 Å². The summed E-state index contributed by atoms with van der Waals surface area (Å²) < 4.78 is 14.5. The topological polar surface area (TPSA) is 46.3 Å². The first kappa shape index (κ1) is 16.1. The second kappa shape index (κ2) is 6.48.